The maximum Gasteiger partial charge on any atom is 0.0938 e. The summed E-state index contributed by atoms with van der Waals surface area (Å²) in [4.78, 5) is 2.09. The van der Waals surface area contributed by atoms with Gasteiger partial charge < -0.3 is 15.3 Å². The zero-order chi connectivity index (χ0) is 11.6. The Morgan fingerprint density at radius 1 is 1.00 bits per heavy atom. The van der Waals surface area contributed by atoms with E-state index in [2.05, 4.69) is 4.90 Å². The molecule has 0 amide bonds. The van der Waals surface area contributed by atoms with Crippen LogP contribution in [0.5, 0.6) is 0 Å². The maximum absolute atomic E-state index is 9.58. The molecule has 0 aromatic carbocycles. The van der Waals surface area contributed by atoms with Crippen LogP contribution in [0.3, 0.4) is 0 Å². The molecule has 1 aliphatic heterocycles. The van der Waals surface area contributed by atoms with E-state index in [0.717, 1.165) is 19.4 Å². The van der Waals surface area contributed by atoms with E-state index in [9.17, 15) is 15.3 Å². The molecule has 2 unspecified atom stereocenters. The smallest absolute Gasteiger partial charge is 0.0938 e. The average Bonchev–Trinajstić information content (AvgIpc) is 2.59. The van der Waals surface area contributed by atoms with Crippen molar-refractivity contribution in [3.63, 3.8) is 0 Å². The molecule has 0 radical (unpaired) electrons. The number of β-amino-alcohol motifs (C(OH)–C–C–N with tert-alkyl or cyclic N) is 2. The molecular formula is C12H23NO3. The highest BCUT2D eigenvalue weighted by Gasteiger charge is 2.37. The minimum atomic E-state index is -0.612. The van der Waals surface area contributed by atoms with Crippen LogP contribution < -0.4 is 0 Å². The third kappa shape index (κ3) is 2.56. The largest absolute Gasteiger partial charge is 0.396 e. The molecule has 0 aromatic heterocycles. The van der Waals surface area contributed by atoms with Gasteiger partial charge in [0.25, 0.3) is 0 Å². The van der Waals surface area contributed by atoms with Crippen molar-refractivity contribution in [1.29, 1.82) is 0 Å². The van der Waals surface area contributed by atoms with E-state index in [1.54, 1.807) is 0 Å². The molecule has 4 heteroatoms. The van der Waals surface area contributed by atoms with Crippen molar-refractivity contribution < 1.29 is 15.3 Å². The fourth-order valence-corrected chi connectivity index (χ4v) is 3.12. The predicted molar refractivity (Wildman–Crippen MR) is 61.1 cm³/mol. The van der Waals surface area contributed by atoms with E-state index < -0.39 is 12.2 Å². The predicted octanol–water partition coefficient (Wildman–Crippen LogP) is -0.0334. The number of rotatable bonds is 3. The summed E-state index contributed by atoms with van der Waals surface area (Å²) in [5.41, 5.74) is 0.0159. The van der Waals surface area contributed by atoms with Gasteiger partial charge in [0.2, 0.25) is 0 Å². The Labute approximate surface area is 96.9 Å². The molecule has 1 heterocycles. The van der Waals surface area contributed by atoms with Crippen molar-refractivity contribution in [2.75, 3.05) is 26.2 Å². The standard InChI is InChI=1S/C12H23NO3/c14-9-12(4-2-1-3-5-12)8-13-6-10(15)11(16)7-13/h10-11,14-16H,1-9H2. The molecule has 0 aromatic rings. The van der Waals surface area contributed by atoms with Crippen LogP contribution in [0.1, 0.15) is 32.1 Å². The van der Waals surface area contributed by atoms with Gasteiger partial charge in [0.05, 0.1) is 12.2 Å². The second kappa shape index (κ2) is 5.00. The summed E-state index contributed by atoms with van der Waals surface area (Å²) >= 11 is 0. The summed E-state index contributed by atoms with van der Waals surface area (Å²) in [6.45, 7) is 2.14. The van der Waals surface area contributed by atoms with E-state index in [-0.39, 0.29) is 12.0 Å². The van der Waals surface area contributed by atoms with Gasteiger partial charge in [-0.25, -0.2) is 0 Å². The Balaban J connectivity index is 1.91. The van der Waals surface area contributed by atoms with Crippen molar-refractivity contribution >= 4 is 0 Å². The topological polar surface area (TPSA) is 63.9 Å². The summed E-state index contributed by atoms with van der Waals surface area (Å²) in [7, 11) is 0. The minimum absolute atomic E-state index is 0.0159. The molecule has 1 saturated heterocycles. The van der Waals surface area contributed by atoms with Crippen LogP contribution >= 0.6 is 0 Å². The molecular weight excluding hydrogens is 206 g/mol. The van der Waals surface area contributed by atoms with Gasteiger partial charge in [0.15, 0.2) is 0 Å². The highest BCUT2D eigenvalue weighted by atomic mass is 16.3. The molecule has 2 atom stereocenters. The number of aliphatic hydroxyl groups excluding tert-OH is 3. The molecule has 2 rings (SSSR count). The van der Waals surface area contributed by atoms with Crippen LogP contribution in [0.2, 0.25) is 0 Å². The van der Waals surface area contributed by atoms with Gasteiger partial charge >= 0.3 is 0 Å². The zero-order valence-corrected chi connectivity index (χ0v) is 9.81. The molecule has 1 saturated carbocycles. The van der Waals surface area contributed by atoms with Crippen molar-refractivity contribution in [1.82, 2.24) is 4.90 Å². The lowest BCUT2D eigenvalue weighted by molar-refractivity contribution is 0.0433. The first-order chi connectivity index (χ1) is 7.65. The Morgan fingerprint density at radius 3 is 2.06 bits per heavy atom. The first kappa shape index (κ1) is 12.3. The molecule has 2 aliphatic rings. The molecule has 16 heavy (non-hydrogen) atoms. The highest BCUT2D eigenvalue weighted by molar-refractivity contribution is 4.90. The van der Waals surface area contributed by atoms with E-state index in [4.69, 9.17) is 0 Å². The van der Waals surface area contributed by atoms with Crippen molar-refractivity contribution in [2.24, 2.45) is 5.41 Å². The molecule has 0 bridgehead atoms. The second-order valence-electron chi connectivity index (χ2n) is 5.55. The van der Waals surface area contributed by atoms with Gasteiger partial charge in [0.1, 0.15) is 0 Å². The SMILES string of the molecule is OCC1(CN2CC(O)C(O)C2)CCCCC1. The van der Waals surface area contributed by atoms with Gasteiger partial charge in [-0.1, -0.05) is 19.3 Å². The Morgan fingerprint density at radius 2 is 1.56 bits per heavy atom. The minimum Gasteiger partial charge on any atom is -0.396 e. The molecule has 94 valence electrons. The van der Waals surface area contributed by atoms with Crippen molar-refractivity contribution in [3.05, 3.63) is 0 Å². The van der Waals surface area contributed by atoms with Crippen LogP contribution in [0, 0.1) is 5.41 Å². The fourth-order valence-electron chi connectivity index (χ4n) is 3.12. The van der Waals surface area contributed by atoms with E-state index in [1.807, 2.05) is 0 Å². The number of hydrogen-bond donors (Lipinski definition) is 3. The monoisotopic (exact) mass is 229 g/mol. The lowest BCUT2D eigenvalue weighted by atomic mass is 9.74. The van der Waals surface area contributed by atoms with Gasteiger partial charge in [-0.05, 0) is 12.8 Å². The molecule has 1 aliphatic carbocycles. The first-order valence-corrected chi connectivity index (χ1v) is 6.35. The normalized spacial score (nSPS) is 35.4. The second-order valence-corrected chi connectivity index (χ2v) is 5.55. The van der Waals surface area contributed by atoms with E-state index >= 15 is 0 Å². The maximum atomic E-state index is 9.58. The Hall–Kier alpha value is -0.160. The quantitative estimate of drug-likeness (QED) is 0.636. The number of aliphatic hydroxyl groups is 3. The summed E-state index contributed by atoms with van der Waals surface area (Å²) in [6.07, 6.45) is 4.59. The number of hydrogen-bond acceptors (Lipinski definition) is 4. The van der Waals surface area contributed by atoms with Crippen LogP contribution in [-0.4, -0.2) is 58.7 Å². The molecule has 3 N–H and O–H groups in total. The van der Waals surface area contributed by atoms with Crippen LogP contribution in [-0.2, 0) is 0 Å². The summed E-state index contributed by atoms with van der Waals surface area (Å²) in [5, 5.41) is 28.6. The Kier molecular flexibility index (Phi) is 3.85. The zero-order valence-electron chi connectivity index (χ0n) is 9.81. The lowest BCUT2D eigenvalue weighted by Crippen LogP contribution is -2.41. The van der Waals surface area contributed by atoms with Gasteiger partial charge in [-0.3, -0.25) is 4.90 Å². The van der Waals surface area contributed by atoms with Gasteiger partial charge in [-0.15, -0.1) is 0 Å². The third-order valence-electron chi connectivity index (χ3n) is 4.14. The summed E-state index contributed by atoms with van der Waals surface area (Å²) in [6, 6.07) is 0. The van der Waals surface area contributed by atoms with Crippen molar-refractivity contribution in [3.8, 4) is 0 Å². The third-order valence-corrected chi connectivity index (χ3v) is 4.14. The number of likely N-dealkylation sites (tertiary alicyclic amines) is 1. The summed E-state index contributed by atoms with van der Waals surface area (Å²) < 4.78 is 0. The van der Waals surface area contributed by atoms with Crippen LogP contribution in [0.4, 0.5) is 0 Å². The van der Waals surface area contributed by atoms with Crippen molar-refractivity contribution in [2.45, 2.75) is 44.3 Å². The molecule has 0 spiro atoms. The Bertz CT molecular complexity index is 218. The molecule has 2 fully saturated rings. The average molecular weight is 229 g/mol. The fraction of sp³-hybridized carbons (Fsp3) is 1.00. The lowest BCUT2D eigenvalue weighted by Gasteiger charge is -2.38. The van der Waals surface area contributed by atoms with E-state index in [1.165, 1.54) is 19.3 Å². The van der Waals surface area contributed by atoms with Gasteiger partial charge in [-0.2, -0.15) is 0 Å². The number of nitrogens with zero attached hydrogens (tertiary/aromatic N) is 1. The van der Waals surface area contributed by atoms with Crippen LogP contribution in [0.15, 0.2) is 0 Å². The highest BCUT2D eigenvalue weighted by Crippen LogP contribution is 2.37. The summed E-state index contributed by atoms with van der Waals surface area (Å²) in [5.74, 6) is 0. The molecule has 4 nitrogen and oxygen atoms in total. The van der Waals surface area contributed by atoms with E-state index in [0.29, 0.717) is 13.1 Å². The van der Waals surface area contributed by atoms with Crippen LogP contribution in [0.25, 0.3) is 0 Å². The first-order valence-electron chi connectivity index (χ1n) is 6.35. The van der Waals surface area contributed by atoms with Gasteiger partial charge in [0, 0.05) is 31.7 Å².